The smallest absolute Gasteiger partial charge is 0.129 e. The highest BCUT2D eigenvalue weighted by molar-refractivity contribution is 6.31. The molecule has 96 valence electrons. The van der Waals surface area contributed by atoms with Crippen molar-refractivity contribution in [3.8, 4) is 0 Å². The second-order valence-corrected chi connectivity index (χ2v) is 4.24. The van der Waals surface area contributed by atoms with Gasteiger partial charge in [0.1, 0.15) is 5.82 Å². The van der Waals surface area contributed by atoms with Gasteiger partial charge in [-0.1, -0.05) is 24.6 Å². The summed E-state index contributed by atoms with van der Waals surface area (Å²) in [5.74, 6) is -0.296. The Bertz CT molecular complexity index is 339. The van der Waals surface area contributed by atoms with E-state index in [-0.39, 0.29) is 18.0 Å². The molecule has 0 fully saturated rings. The van der Waals surface area contributed by atoms with Crippen molar-refractivity contribution >= 4 is 11.6 Å². The van der Waals surface area contributed by atoms with Gasteiger partial charge in [-0.3, -0.25) is 0 Å². The predicted molar refractivity (Wildman–Crippen MR) is 68.9 cm³/mol. The van der Waals surface area contributed by atoms with Crippen LogP contribution in [0.1, 0.15) is 32.4 Å². The summed E-state index contributed by atoms with van der Waals surface area (Å²) in [6.07, 6.45) is -0.130. The van der Waals surface area contributed by atoms with Crippen LogP contribution in [0.4, 0.5) is 4.39 Å². The quantitative estimate of drug-likeness (QED) is 0.844. The zero-order valence-electron chi connectivity index (χ0n) is 10.5. The molecule has 0 aliphatic heterocycles. The van der Waals surface area contributed by atoms with E-state index < -0.39 is 0 Å². The van der Waals surface area contributed by atoms with Crippen LogP contribution in [-0.2, 0) is 4.74 Å². The minimum absolute atomic E-state index is 0.130. The summed E-state index contributed by atoms with van der Waals surface area (Å²) in [7, 11) is 0. The number of benzene rings is 1. The van der Waals surface area contributed by atoms with Gasteiger partial charge in [-0.2, -0.15) is 0 Å². The van der Waals surface area contributed by atoms with Crippen molar-refractivity contribution in [3.05, 3.63) is 34.6 Å². The van der Waals surface area contributed by atoms with E-state index in [0.717, 1.165) is 6.54 Å². The lowest BCUT2D eigenvalue weighted by Gasteiger charge is -2.26. The monoisotopic (exact) mass is 259 g/mol. The fourth-order valence-electron chi connectivity index (χ4n) is 1.89. The lowest BCUT2D eigenvalue weighted by molar-refractivity contribution is 0.0467. The van der Waals surface area contributed by atoms with Crippen LogP contribution in [0.3, 0.4) is 0 Å². The number of rotatable bonds is 6. The molecule has 0 heterocycles. The molecule has 0 saturated heterocycles. The van der Waals surface area contributed by atoms with Gasteiger partial charge < -0.3 is 10.1 Å². The third-order valence-electron chi connectivity index (χ3n) is 2.63. The molecule has 0 aliphatic rings. The van der Waals surface area contributed by atoms with E-state index in [9.17, 15) is 4.39 Å². The van der Waals surface area contributed by atoms with Crippen LogP contribution in [-0.4, -0.2) is 19.3 Å². The van der Waals surface area contributed by atoms with Crippen LogP contribution < -0.4 is 5.32 Å². The maximum atomic E-state index is 13.8. The van der Waals surface area contributed by atoms with Gasteiger partial charge in [0.2, 0.25) is 0 Å². The molecule has 0 spiro atoms. The molecule has 0 bridgehead atoms. The standard InChI is InChI=1S/C13H19ClFNO/c1-4-16-13(9(3)17-5-2)12-10(14)7-6-8-11(12)15/h6-9,13,16H,4-5H2,1-3H3. The first-order chi connectivity index (χ1) is 8.11. The molecule has 1 aromatic carbocycles. The minimum atomic E-state index is -0.296. The zero-order valence-corrected chi connectivity index (χ0v) is 11.2. The summed E-state index contributed by atoms with van der Waals surface area (Å²) < 4.78 is 19.4. The first-order valence-electron chi connectivity index (χ1n) is 5.90. The van der Waals surface area contributed by atoms with Gasteiger partial charge in [0.15, 0.2) is 0 Å². The topological polar surface area (TPSA) is 21.3 Å². The molecule has 2 unspecified atom stereocenters. The summed E-state index contributed by atoms with van der Waals surface area (Å²) >= 11 is 6.07. The van der Waals surface area contributed by atoms with Gasteiger partial charge in [0.25, 0.3) is 0 Å². The van der Waals surface area contributed by atoms with Crippen molar-refractivity contribution < 1.29 is 9.13 Å². The second kappa shape index (κ2) is 6.94. The van der Waals surface area contributed by atoms with Crippen molar-refractivity contribution in [2.75, 3.05) is 13.2 Å². The van der Waals surface area contributed by atoms with Crippen LogP contribution in [0, 0.1) is 5.82 Å². The summed E-state index contributed by atoms with van der Waals surface area (Å²) in [4.78, 5) is 0. The minimum Gasteiger partial charge on any atom is -0.377 e. The van der Waals surface area contributed by atoms with Crippen molar-refractivity contribution in [3.63, 3.8) is 0 Å². The van der Waals surface area contributed by atoms with Crippen LogP contribution in [0.5, 0.6) is 0 Å². The molecule has 4 heteroatoms. The first-order valence-corrected chi connectivity index (χ1v) is 6.28. The van der Waals surface area contributed by atoms with Crippen LogP contribution in [0.25, 0.3) is 0 Å². The molecule has 1 aromatic rings. The van der Waals surface area contributed by atoms with Crippen LogP contribution >= 0.6 is 11.6 Å². The first kappa shape index (κ1) is 14.4. The number of ether oxygens (including phenoxy) is 1. The molecule has 0 aliphatic carbocycles. The van der Waals surface area contributed by atoms with Gasteiger partial charge in [-0.15, -0.1) is 0 Å². The molecule has 2 nitrogen and oxygen atoms in total. The van der Waals surface area contributed by atoms with E-state index in [1.54, 1.807) is 12.1 Å². The van der Waals surface area contributed by atoms with Gasteiger partial charge in [0, 0.05) is 17.2 Å². The average molecular weight is 260 g/mol. The molecule has 0 aromatic heterocycles. The Labute approximate surface area is 107 Å². The number of hydrogen-bond donors (Lipinski definition) is 1. The van der Waals surface area contributed by atoms with Crippen LogP contribution in [0.15, 0.2) is 18.2 Å². The van der Waals surface area contributed by atoms with Crippen molar-refractivity contribution in [2.45, 2.75) is 32.9 Å². The Morgan fingerprint density at radius 3 is 2.65 bits per heavy atom. The Kier molecular flexibility index (Phi) is 5.89. The molecular weight excluding hydrogens is 241 g/mol. The third kappa shape index (κ3) is 3.66. The molecular formula is C13H19ClFNO. The maximum absolute atomic E-state index is 13.8. The zero-order chi connectivity index (χ0) is 12.8. The number of nitrogens with one attached hydrogen (secondary N) is 1. The van der Waals surface area contributed by atoms with Gasteiger partial charge in [-0.25, -0.2) is 4.39 Å². The van der Waals surface area contributed by atoms with Gasteiger partial charge >= 0.3 is 0 Å². The van der Waals surface area contributed by atoms with E-state index in [2.05, 4.69) is 5.32 Å². The van der Waals surface area contributed by atoms with Crippen LogP contribution in [0.2, 0.25) is 5.02 Å². The molecule has 0 radical (unpaired) electrons. The van der Waals surface area contributed by atoms with Gasteiger partial charge in [-0.05, 0) is 32.5 Å². The molecule has 1 rings (SSSR count). The SMILES string of the molecule is CCNC(c1c(F)cccc1Cl)C(C)OCC. The summed E-state index contributed by atoms with van der Waals surface area (Å²) in [5.41, 5.74) is 0.483. The number of likely N-dealkylation sites (N-methyl/N-ethyl adjacent to an activating group) is 1. The molecule has 0 amide bonds. The summed E-state index contributed by atoms with van der Waals surface area (Å²) in [5, 5.41) is 3.65. The second-order valence-electron chi connectivity index (χ2n) is 3.83. The Morgan fingerprint density at radius 1 is 1.41 bits per heavy atom. The molecule has 2 atom stereocenters. The Hall–Kier alpha value is -0.640. The van der Waals surface area contributed by atoms with E-state index in [4.69, 9.17) is 16.3 Å². The van der Waals surface area contributed by atoms with Crippen molar-refractivity contribution in [1.29, 1.82) is 0 Å². The lowest BCUT2D eigenvalue weighted by atomic mass is 10.0. The highest BCUT2D eigenvalue weighted by Crippen LogP contribution is 2.29. The summed E-state index contributed by atoms with van der Waals surface area (Å²) in [6, 6.07) is 4.50. The Balaban J connectivity index is 3.04. The number of halogens is 2. The maximum Gasteiger partial charge on any atom is 0.129 e. The normalized spacial score (nSPS) is 14.6. The van der Waals surface area contributed by atoms with E-state index >= 15 is 0 Å². The fraction of sp³-hybridized carbons (Fsp3) is 0.538. The predicted octanol–water partition coefficient (Wildman–Crippen LogP) is 3.55. The largest absolute Gasteiger partial charge is 0.377 e. The van der Waals surface area contributed by atoms with E-state index in [1.807, 2.05) is 20.8 Å². The molecule has 0 saturated carbocycles. The van der Waals surface area contributed by atoms with E-state index in [0.29, 0.717) is 17.2 Å². The highest BCUT2D eigenvalue weighted by Gasteiger charge is 2.24. The van der Waals surface area contributed by atoms with E-state index in [1.165, 1.54) is 6.07 Å². The highest BCUT2D eigenvalue weighted by atomic mass is 35.5. The van der Waals surface area contributed by atoms with Crippen molar-refractivity contribution in [2.24, 2.45) is 0 Å². The summed E-state index contributed by atoms with van der Waals surface area (Å²) in [6.45, 7) is 7.13. The van der Waals surface area contributed by atoms with Crippen molar-refractivity contribution in [1.82, 2.24) is 5.32 Å². The molecule has 17 heavy (non-hydrogen) atoms. The lowest BCUT2D eigenvalue weighted by Crippen LogP contribution is -2.33. The Morgan fingerprint density at radius 2 is 2.12 bits per heavy atom. The average Bonchev–Trinajstić information content (AvgIpc) is 2.28. The fourth-order valence-corrected chi connectivity index (χ4v) is 2.17. The molecule has 1 N–H and O–H groups in total. The number of hydrogen-bond acceptors (Lipinski definition) is 2. The third-order valence-corrected chi connectivity index (χ3v) is 2.96. The van der Waals surface area contributed by atoms with Gasteiger partial charge in [0.05, 0.1) is 12.1 Å².